The molecule has 1 N–H and O–H groups in total. The van der Waals surface area contributed by atoms with E-state index >= 15 is 0 Å². The Morgan fingerprint density at radius 3 is 2.76 bits per heavy atom. The topological polar surface area (TPSA) is 50.4 Å². The van der Waals surface area contributed by atoms with Gasteiger partial charge in [0.25, 0.3) is 0 Å². The number of carbonyl (C=O) groups is 1. The highest BCUT2D eigenvalue weighted by molar-refractivity contribution is 9.10. The Morgan fingerprint density at radius 1 is 1.47 bits per heavy atom. The van der Waals surface area contributed by atoms with Crippen LogP contribution in [0.2, 0.25) is 5.02 Å². The third-order valence-electron chi connectivity index (χ3n) is 2.93. The summed E-state index contributed by atoms with van der Waals surface area (Å²) in [5.41, 5.74) is 1.35. The fraction of sp³-hybridized carbons (Fsp3) is 0.250. The molecule has 1 aromatic heterocycles. The fourth-order valence-corrected chi connectivity index (χ4v) is 2.97. The molecule has 1 fully saturated rings. The lowest BCUT2D eigenvalue weighted by Gasteiger charge is -1.97. The number of carboxylic acids is 1. The summed E-state index contributed by atoms with van der Waals surface area (Å²) in [6.45, 7) is 0. The van der Waals surface area contributed by atoms with Crippen LogP contribution in [0.1, 0.15) is 34.9 Å². The second-order valence-electron chi connectivity index (χ2n) is 4.19. The maximum atomic E-state index is 11.2. The lowest BCUT2D eigenvalue weighted by atomic mass is 10.1. The molecular formula is C12H8BrClO3. The van der Waals surface area contributed by atoms with Gasteiger partial charge in [0.2, 0.25) is 5.76 Å². The van der Waals surface area contributed by atoms with Crippen molar-refractivity contribution in [2.45, 2.75) is 18.8 Å². The second-order valence-corrected chi connectivity index (χ2v) is 5.48. The van der Waals surface area contributed by atoms with E-state index in [1.165, 1.54) is 0 Å². The van der Waals surface area contributed by atoms with Crippen LogP contribution in [-0.4, -0.2) is 11.1 Å². The third kappa shape index (κ3) is 1.76. The summed E-state index contributed by atoms with van der Waals surface area (Å²) in [4.78, 5) is 11.2. The van der Waals surface area contributed by atoms with Crippen molar-refractivity contribution in [1.82, 2.24) is 0 Å². The monoisotopic (exact) mass is 314 g/mol. The predicted molar refractivity (Wildman–Crippen MR) is 67.9 cm³/mol. The molecule has 1 heterocycles. The molecule has 3 rings (SSSR count). The van der Waals surface area contributed by atoms with E-state index in [0.29, 0.717) is 21.0 Å². The van der Waals surface area contributed by atoms with Crippen molar-refractivity contribution in [2.24, 2.45) is 0 Å². The summed E-state index contributed by atoms with van der Waals surface area (Å²) in [5.74, 6) is -0.677. The van der Waals surface area contributed by atoms with Gasteiger partial charge in [-0.05, 0) is 46.8 Å². The Labute approximate surface area is 110 Å². The van der Waals surface area contributed by atoms with Gasteiger partial charge in [0.1, 0.15) is 5.58 Å². The van der Waals surface area contributed by atoms with Crippen molar-refractivity contribution in [1.29, 1.82) is 0 Å². The van der Waals surface area contributed by atoms with E-state index < -0.39 is 5.97 Å². The first kappa shape index (κ1) is 11.1. The molecule has 1 aromatic carbocycles. The number of hydrogen-bond acceptors (Lipinski definition) is 2. The predicted octanol–water partition coefficient (Wildman–Crippen LogP) is 4.42. The number of rotatable bonds is 2. The van der Waals surface area contributed by atoms with Crippen molar-refractivity contribution in [2.75, 3.05) is 0 Å². The fourth-order valence-electron chi connectivity index (χ4n) is 2.08. The molecule has 1 aliphatic carbocycles. The van der Waals surface area contributed by atoms with Crippen LogP contribution in [0.3, 0.4) is 0 Å². The Balaban J connectivity index is 2.38. The van der Waals surface area contributed by atoms with Gasteiger partial charge in [-0.3, -0.25) is 0 Å². The number of aromatic carboxylic acids is 1. The molecule has 0 atom stereocenters. The molecule has 2 aromatic rings. The van der Waals surface area contributed by atoms with E-state index in [1.54, 1.807) is 12.1 Å². The summed E-state index contributed by atoms with van der Waals surface area (Å²) in [5, 5.41) is 10.5. The van der Waals surface area contributed by atoms with Gasteiger partial charge < -0.3 is 9.52 Å². The number of benzene rings is 1. The van der Waals surface area contributed by atoms with Crippen LogP contribution in [0.4, 0.5) is 0 Å². The molecule has 17 heavy (non-hydrogen) atoms. The zero-order valence-corrected chi connectivity index (χ0v) is 11.0. The van der Waals surface area contributed by atoms with E-state index in [9.17, 15) is 4.79 Å². The molecule has 0 radical (unpaired) electrons. The summed E-state index contributed by atoms with van der Waals surface area (Å²) in [6.07, 6.45) is 2.03. The lowest BCUT2D eigenvalue weighted by molar-refractivity contribution is 0.0663. The number of furan rings is 1. The third-order valence-corrected chi connectivity index (χ3v) is 3.73. The van der Waals surface area contributed by atoms with Gasteiger partial charge in [0.05, 0.1) is 4.47 Å². The van der Waals surface area contributed by atoms with E-state index in [-0.39, 0.29) is 5.76 Å². The van der Waals surface area contributed by atoms with E-state index in [4.69, 9.17) is 21.1 Å². The van der Waals surface area contributed by atoms with Gasteiger partial charge in [-0.1, -0.05) is 11.6 Å². The summed E-state index contributed by atoms with van der Waals surface area (Å²) in [6, 6.07) is 3.47. The van der Waals surface area contributed by atoms with Crippen LogP contribution in [0.25, 0.3) is 11.0 Å². The SMILES string of the molecule is O=C(O)c1oc2c(Br)cc(Cl)cc2c1C1CC1. The smallest absolute Gasteiger partial charge is 0.372 e. The van der Waals surface area contributed by atoms with Crippen molar-refractivity contribution >= 4 is 44.5 Å². The number of fused-ring (bicyclic) bond motifs is 1. The molecule has 1 aliphatic rings. The lowest BCUT2D eigenvalue weighted by Crippen LogP contribution is -1.97. The number of halogens is 2. The first-order chi connectivity index (χ1) is 8.08. The second kappa shape index (κ2) is 3.75. The standard InChI is InChI=1S/C12H8BrClO3/c13-8-4-6(14)3-7-9(5-1-2-5)11(12(15)16)17-10(7)8/h3-5H,1-2H2,(H,15,16). The average molecular weight is 316 g/mol. The average Bonchev–Trinajstić information content (AvgIpc) is 2.99. The normalized spacial score (nSPS) is 15.4. The minimum Gasteiger partial charge on any atom is -0.475 e. The molecule has 0 saturated heterocycles. The van der Waals surface area contributed by atoms with Gasteiger partial charge in [0.15, 0.2) is 0 Å². The quantitative estimate of drug-likeness (QED) is 0.892. The molecule has 1 saturated carbocycles. The van der Waals surface area contributed by atoms with Gasteiger partial charge >= 0.3 is 5.97 Å². The van der Waals surface area contributed by atoms with Crippen LogP contribution in [0.5, 0.6) is 0 Å². The summed E-state index contributed by atoms with van der Waals surface area (Å²) >= 11 is 9.33. The Bertz CT molecular complexity index is 628. The van der Waals surface area contributed by atoms with Crippen LogP contribution in [-0.2, 0) is 0 Å². The molecule has 5 heteroatoms. The first-order valence-electron chi connectivity index (χ1n) is 5.22. The molecule has 0 amide bonds. The summed E-state index contributed by atoms with van der Waals surface area (Å²) < 4.78 is 6.13. The Morgan fingerprint density at radius 2 is 2.18 bits per heavy atom. The van der Waals surface area contributed by atoms with Gasteiger partial charge in [-0.15, -0.1) is 0 Å². The highest BCUT2D eigenvalue weighted by atomic mass is 79.9. The Kier molecular flexibility index (Phi) is 2.45. The van der Waals surface area contributed by atoms with Crippen LogP contribution in [0, 0.1) is 0 Å². The van der Waals surface area contributed by atoms with Crippen LogP contribution < -0.4 is 0 Å². The molecular weight excluding hydrogens is 307 g/mol. The highest BCUT2D eigenvalue weighted by Gasteiger charge is 2.33. The van der Waals surface area contributed by atoms with Gasteiger partial charge in [-0.25, -0.2) is 4.79 Å². The van der Waals surface area contributed by atoms with Crippen LogP contribution >= 0.6 is 27.5 Å². The zero-order chi connectivity index (χ0) is 12.2. The van der Waals surface area contributed by atoms with E-state index in [2.05, 4.69) is 15.9 Å². The van der Waals surface area contributed by atoms with Crippen LogP contribution in [0.15, 0.2) is 21.0 Å². The first-order valence-corrected chi connectivity index (χ1v) is 6.39. The Hall–Kier alpha value is -1.00. The molecule has 0 spiro atoms. The molecule has 0 bridgehead atoms. The molecule has 88 valence electrons. The van der Waals surface area contributed by atoms with Crippen molar-refractivity contribution < 1.29 is 14.3 Å². The maximum absolute atomic E-state index is 11.2. The highest BCUT2D eigenvalue weighted by Crippen LogP contribution is 2.47. The van der Waals surface area contributed by atoms with E-state index in [0.717, 1.165) is 23.8 Å². The maximum Gasteiger partial charge on any atom is 0.372 e. The zero-order valence-electron chi connectivity index (χ0n) is 8.67. The molecule has 3 nitrogen and oxygen atoms in total. The van der Waals surface area contributed by atoms with Crippen molar-refractivity contribution in [3.8, 4) is 0 Å². The van der Waals surface area contributed by atoms with Gasteiger partial charge in [0, 0.05) is 16.0 Å². The molecule has 0 unspecified atom stereocenters. The van der Waals surface area contributed by atoms with Crippen molar-refractivity contribution in [3.63, 3.8) is 0 Å². The minimum atomic E-state index is -1.02. The molecule has 0 aliphatic heterocycles. The van der Waals surface area contributed by atoms with E-state index in [1.807, 2.05) is 0 Å². The van der Waals surface area contributed by atoms with Crippen molar-refractivity contribution in [3.05, 3.63) is 33.0 Å². The minimum absolute atomic E-state index is 0.0467. The number of carboxylic acid groups (broad SMARTS) is 1. The largest absolute Gasteiger partial charge is 0.475 e. The summed E-state index contributed by atoms with van der Waals surface area (Å²) in [7, 11) is 0. The van der Waals surface area contributed by atoms with Gasteiger partial charge in [-0.2, -0.15) is 0 Å². The number of hydrogen-bond donors (Lipinski definition) is 1.